The van der Waals surface area contributed by atoms with Gasteiger partial charge in [-0.1, -0.05) is 0 Å². The van der Waals surface area contributed by atoms with Gasteiger partial charge in [0.05, 0.1) is 19.8 Å². The van der Waals surface area contributed by atoms with Gasteiger partial charge in [-0.05, 0) is 24.3 Å². The van der Waals surface area contributed by atoms with Crippen molar-refractivity contribution in [2.45, 2.75) is 92.1 Å². The first-order valence-corrected chi connectivity index (χ1v) is 12.9. The van der Waals surface area contributed by atoms with Crippen LogP contribution in [0.1, 0.15) is 0 Å². The SMILES string of the molecule is Nc1ccc(O[C@H]2OC(CO[C@H]3OC(CO)[C@@H](O)[C@H](O)C3O)[C@@H](O)[C@H](O[C@H]3O[C@@H](CO)[C@@H](O)C(O)C3O)C2O)cc1. The molecule has 3 saturated heterocycles. The summed E-state index contributed by atoms with van der Waals surface area (Å²) in [5.74, 6) is 0.194. The lowest BCUT2D eigenvalue weighted by Crippen LogP contribution is -2.65. The average Bonchev–Trinajstić information content (AvgIpc) is 2.96. The van der Waals surface area contributed by atoms with Crippen molar-refractivity contribution < 1.29 is 79.5 Å². The predicted octanol–water partition coefficient (Wildman–Crippen LogP) is -5.90. The molecule has 4 rings (SSSR count). The first-order valence-electron chi connectivity index (χ1n) is 12.9. The number of aliphatic hydroxyl groups is 10. The Hall–Kier alpha value is -1.78. The Balaban J connectivity index is 1.52. The second kappa shape index (κ2) is 13.7. The lowest BCUT2D eigenvalue weighted by Gasteiger charge is -2.46. The van der Waals surface area contributed by atoms with Crippen LogP contribution in [0, 0.1) is 0 Å². The van der Waals surface area contributed by atoms with Crippen LogP contribution in [0.25, 0.3) is 0 Å². The average molecular weight is 596 g/mol. The summed E-state index contributed by atoms with van der Waals surface area (Å²) in [6, 6.07) is 5.98. The zero-order chi connectivity index (χ0) is 30.0. The molecule has 3 aliphatic heterocycles. The molecule has 0 bridgehead atoms. The monoisotopic (exact) mass is 595 g/mol. The van der Waals surface area contributed by atoms with Gasteiger partial charge in [-0.2, -0.15) is 0 Å². The Labute approximate surface area is 233 Å². The molecule has 17 heteroatoms. The summed E-state index contributed by atoms with van der Waals surface area (Å²) in [4.78, 5) is 0. The minimum Gasteiger partial charge on any atom is -0.462 e. The number of rotatable bonds is 9. The van der Waals surface area contributed by atoms with Gasteiger partial charge < -0.3 is 85.2 Å². The second-order valence-corrected chi connectivity index (χ2v) is 10.0. The van der Waals surface area contributed by atoms with Crippen LogP contribution in [0.4, 0.5) is 5.69 Å². The Morgan fingerprint density at radius 2 is 1.10 bits per heavy atom. The molecule has 0 aliphatic carbocycles. The van der Waals surface area contributed by atoms with Crippen molar-refractivity contribution in [2.75, 3.05) is 25.6 Å². The largest absolute Gasteiger partial charge is 0.462 e. The Morgan fingerprint density at radius 3 is 1.66 bits per heavy atom. The molecule has 3 aliphatic rings. The van der Waals surface area contributed by atoms with Gasteiger partial charge >= 0.3 is 0 Å². The van der Waals surface area contributed by atoms with Crippen LogP contribution in [0.2, 0.25) is 0 Å². The summed E-state index contributed by atoms with van der Waals surface area (Å²) >= 11 is 0. The van der Waals surface area contributed by atoms with E-state index in [4.69, 9.17) is 34.2 Å². The number of benzene rings is 1. The maximum atomic E-state index is 11.1. The lowest BCUT2D eigenvalue weighted by molar-refractivity contribution is -0.358. The van der Waals surface area contributed by atoms with Crippen LogP contribution in [0.3, 0.4) is 0 Å². The van der Waals surface area contributed by atoms with Gasteiger partial charge in [-0.3, -0.25) is 0 Å². The fraction of sp³-hybridized carbons (Fsp3) is 0.750. The highest BCUT2D eigenvalue weighted by atomic mass is 16.7. The predicted molar refractivity (Wildman–Crippen MR) is 131 cm³/mol. The molecule has 0 amide bonds. The van der Waals surface area contributed by atoms with Crippen molar-refractivity contribution in [3.8, 4) is 5.75 Å². The summed E-state index contributed by atoms with van der Waals surface area (Å²) < 4.78 is 33.2. The van der Waals surface area contributed by atoms with Crippen LogP contribution in [-0.4, -0.2) is 163 Å². The molecule has 0 spiro atoms. The second-order valence-electron chi connectivity index (χ2n) is 10.0. The molecule has 41 heavy (non-hydrogen) atoms. The molecule has 0 radical (unpaired) electrons. The first kappa shape index (κ1) is 32.1. The Kier molecular flexibility index (Phi) is 10.7. The molecule has 1 aromatic carbocycles. The Morgan fingerprint density at radius 1 is 0.585 bits per heavy atom. The zero-order valence-corrected chi connectivity index (χ0v) is 21.6. The highest BCUT2D eigenvalue weighted by Gasteiger charge is 2.52. The summed E-state index contributed by atoms with van der Waals surface area (Å²) in [5.41, 5.74) is 6.11. The smallest absolute Gasteiger partial charge is 0.229 e. The van der Waals surface area contributed by atoms with Crippen molar-refractivity contribution in [1.82, 2.24) is 0 Å². The molecule has 17 nitrogen and oxygen atoms in total. The number of hydrogen-bond acceptors (Lipinski definition) is 17. The van der Waals surface area contributed by atoms with Crippen LogP contribution in [0.15, 0.2) is 24.3 Å². The maximum Gasteiger partial charge on any atom is 0.229 e. The normalized spacial score (nSPS) is 45.4. The van der Waals surface area contributed by atoms with Crippen molar-refractivity contribution >= 4 is 5.69 Å². The molecule has 1 aromatic rings. The quantitative estimate of drug-likeness (QED) is 0.118. The number of ether oxygens (including phenoxy) is 6. The van der Waals surface area contributed by atoms with Gasteiger partial charge in [0.1, 0.15) is 79.0 Å². The number of anilines is 1. The van der Waals surface area contributed by atoms with E-state index in [-0.39, 0.29) is 5.75 Å². The molecule has 6 unspecified atom stereocenters. The van der Waals surface area contributed by atoms with Gasteiger partial charge in [-0.15, -0.1) is 0 Å². The van der Waals surface area contributed by atoms with E-state index in [0.717, 1.165) is 0 Å². The molecule has 3 heterocycles. The number of hydrogen-bond donors (Lipinski definition) is 11. The molecule has 15 atom stereocenters. The van der Waals surface area contributed by atoms with E-state index in [0.29, 0.717) is 5.69 Å². The van der Waals surface area contributed by atoms with Crippen LogP contribution < -0.4 is 10.5 Å². The van der Waals surface area contributed by atoms with E-state index < -0.39 is 112 Å². The summed E-state index contributed by atoms with van der Waals surface area (Å²) in [6.07, 6.45) is -24.4. The number of nitrogen functional groups attached to an aromatic ring is 1. The fourth-order valence-corrected chi connectivity index (χ4v) is 4.71. The topological polar surface area (TPSA) is 284 Å². The van der Waals surface area contributed by atoms with Crippen LogP contribution in [-0.2, 0) is 23.7 Å². The van der Waals surface area contributed by atoms with Gasteiger partial charge in [0.2, 0.25) is 6.29 Å². The molecular weight excluding hydrogens is 558 g/mol. The molecule has 3 fully saturated rings. The molecule has 234 valence electrons. The zero-order valence-electron chi connectivity index (χ0n) is 21.6. The number of aliphatic hydroxyl groups excluding tert-OH is 10. The third-order valence-electron chi connectivity index (χ3n) is 7.19. The first-order chi connectivity index (χ1) is 19.5. The molecule has 0 aromatic heterocycles. The van der Waals surface area contributed by atoms with E-state index in [1.807, 2.05) is 0 Å². The van der Waals surface area contributed by atoms with E-state index in [9.17, 15) is 51.1 Å². The van der Waals surface area contributed by atoms with Crippen LogP contribution in [0.5, 0.6) is 5.75 Å². The Bertz CT molecular complexity index is 954. The molecular formula is C24H37NO16. The summed E-state index contributed by atoms with van der Waals surface area (Å²) in [7, 11) is 0. The summed E-state index contributed by atoms with van der Waals surface area (Å²) in [5, 5.41) is 102. The van der Waals surface area contributed by atoms with E-state index in [1.54, 1.807) is 0 Å². The van der Waals surface area contributed by atoms with Crippen LogP contribution >= 0.6 is 0 Å². The van der Waals surface area contributed by atoms with Crippen molar-refractivity contribution in [3.63, 3.8) is 0 Å². The standard InChI is InChI=1S/C24H37NO16/c25-8-1-3-9(4-2-8)37-24-20(35)21(41-23-19(34)17(32)14(29)11(6-27)39-23)15(30)12(40-24)7-36-22-18(33)16(31)13(28)10(5-26)38-22/h1-4,10-24,26-35H,5-7,25H2/t10?,11-,12?,13+,14+,15+,16-,17?,18?,19?,20?,21-,22-,23+,24-/m0/s1. The van der Waals surface area contributed by atoms with Gasteiger partial charge in [0.25, 0.3) is 0 Å². The lowest BCUT2D eigenvalue weighted by atomic mass is 9.96. The van der Waals surface area contributed by atoms with Crippen molar-refractivity contribution in [2.24, 2.45) is 0 Å². The number of nitrogens with two attached hydrogens (primary N) is 1. The van der Waals surface area contributed by atoms with E-state index in [1.165, 1.54) is 24.3 Å². The van der Waals surface area contributed by atoms with E-state index in [2.05, 4.69) is 0 Å². The van der Waals surface area contributed by atoms with Gasteiger partial charge in [0, 0.05) is 5.69 Å². The van der Waals surface area contributed by atoms with E-state index >= 15 is 0 Å². The minimum absolute atomic E-state index is 0.194. The highest BCUT2D eigenvalue weighted by molar-refractivity contribution is 5.41. The van der Waals surface area contributed by atoms with Gasteiger partial charge in [-0.25, -0.2) is 0 Å². The summed E-state index contributed by atoms with van der Waals surface area (Å²) in [6.45, 7) is -2.03. The highest BCUT2D eigenvalue weighted by Crippen LogP contribution is 2.31. The van der Waals surface area contributed by atoms with Crippen molar-refractivity contribution in [3.05, 3.63) is 24.3 Å². The maximum absolute atomic E-state index is 11.1. The minimum atomic E-state index is -1.85. The third kappa shape index (κ3) is 6.90. The fourth-order valence-electron chi connectivity index (χ4n) is 4.71. The third-order valence-corrected chi connectivity index (χ3v) is 7.19. The molecule has 0 saturated carbocycles. The van der Waals surface area contributed by atoms with Gasteiger partial charge in [0.15, 0.2) is 12.6 Å². The molecule has 12 N–H and O–H groups in total. The van der Waals surface area contributed by atoms with Crippen molar-refractivity contribution in [1.29, 1.82) is 0 Å².